The van der Waals surface area contributed by atoms with Crippen LogP contribution in [0.2, 0.25) is 0 Å². The Kier molecular flexibility index (Phi) is 3.57. The van der Waals surface area contributed by atoms with Gasteiger partial charge >= 0.3 is 0 Å². The minimum Gasteiger partial charge on any atom is -0.462 e. The molecule has 1 saturated heterocycles. The van der Waals surface area contributed by atoms with Crippen molar-refractivity contribution in [3.8, 4) is 0 Å². The zero-order valence-electron chi connectivity index (χ0n) is 10.8. The molecule has 1 aliphatic rings. The van der Waals surface area contributed by atoms with E-state index in [9.17, 15) is 9.90 Å². The van der Waals surface area contributed by atoms with Gasteiger partial charge < -0.3 is 14.4 Å². The molecule has 2 rings (SSSR count). The van der Waals surface area contributed by atoms with Gasteiger partial charge in [-0.1, -0.05) is 0 Å². The molecule has 18 heavy (non-hydrogen) atoms. The highest BCUT2D eigenvalue weighted by Gasteiger charge is 2.29. The summed E-state index contributed by atoms with van der Waals surface area (Å²) in [6.45, 7) is 4.73. The number of β-amino-alcohol motifs (C(OH)–C–C–N with tert-alkyl or cyclic N) is 1. The van der Waals surface area contributed by atoms with Crippen molar-refractivity contribution in [1.29, 1.82) is 0 Å². The van der Waals surface area contributed by atoms with E-state index in [4.69, 9.17) is 4.42 Å². The smallest absolute Gasteiger partial charge is 0.246 e. The summed E-state index contributed by atoms with van der Waals surface area (Å²) in [4.78, 5) is 13.6. The minimum atomic E-state index is -0.761. The van der Waals surface area contributed by atoms with Crippen molar-refractivity contribution in [1.82, 2.24) is 4.90 Å². The van der Waals surface area contributed by atoms with E-state index in [-0.39, 0.29) is 5.91 Å². The first-order chi connectivity index (χ1) is 8.46. The van der Waals surface area contributed by atoms with Crippen LogP contribution in [0.4, 0.5) is 0 Å². The molecular formula is C14H19NO3. The number of carbonyl (C=O) groups is 1. The number of likely N-dealkylation sites (tertiary alicyclic amines) is 1. The van der Waals surface area contributed by atoms with Crippen molar-refractivity contribution >= 4 is 12.0 Å². The number of hydrogen-bond acceptors (Lipinski definition) is 3. The fourth-order valence-electron chi connectivity index (χ4n) is 2.21. The average Bonchev–Trinajstić information content (AvgIpc) is 2.70. The molecule has 1 unspecified atom stereocenters. The highest BCUT2D eigenvalue weighted by Crippen LogP contribution is 2.20. The number of piperidine rings is 1. The maximum atomic E-state index is 12.0. The predicted octanol–water partition coefficient (Wildman–Crippen LogP) is 1.97. The Labute approximate surface area is 107 Å². The van der Waals surface area contributed by atoms with Gasteiger partial charge in [0.1, 0.15) is 11.5 Å². The van der Waals surface area contributed by atoms with Gasteiger partial charge in [0, 0.05) is 19.2 Å². The second-order valence-electron chi connectivity index (χ2n) is 5.14. The molecule has 1 fully saturated rings. The Morgan fingerprint density at radius 1 is 1.56 bits per heavy atom. The van der Waals surface area contributed by atoms with Gasteiger partial charge in [0.2, 0.25) is 5.91 Å². The van der Waals surface area contributed by atoms with Crippen molar-refractivity contribution < 1.29 is 14.3 Å². The first-order valence-electron chi connectivity index (χ1n) is 6.22. The zero-order valence-corrected chi connectivity index (χ0v) is 10.8. The number of furan rings is 1. The molecule has 4 nitrogen and oxygen atoms in total. The largest absolute Gasteiger partial charge is 0.462 e. The molecule has 4 heteroatoms. The monoisotopic (exact) mass is 249 g/mol. The molecular weight excluding hydrogens is 230 g/mol. The lowest BCUT2D eigenvalue weighted by Crippen LogP contribution is -2.48. The SMILES string of the molecule is Cc1ccc(/C=C/C(=O)N2CCCC(C)(O)C2)o1. The van der Waals surface area contributed by atoms with Crippen molar-refractivity contribution in [2.24, 2.45) is 0 Å². The van der Waals surface area contributed by atoms with E-state index in [1.54, 1.807) is 17.9 Å². The second-order valence-corrected chi connectivity index (χ2v) is 5.14. The maximum absolute atomic E-state index is 12.0. The van der Waals surface area contributed by atoms with E-state index < -0.39 is 5.60 Å². The number of hydrogen-bond donors (Lipinski definition) is 1. The third-order valence-electron chi connectivity index (χ3n) is 3.14. The van der Waals surface area contributed by atoms with Crippen LogP contribution in [0.25, 0.3) is 6.08 Å². The van der Waals surface area contributed by atoms with Crippen LogP contribution in [-0.4, -0.2) is 34.6 Å². The summed E-state index contributed by atoms with van der Waals surface area (Å²) in [5.41, 5.74) is -0.761. The molecule has 1 aliphatic heterocycles. The van der Waals surface area contributed by atoms with Gasteiger partial charge in [-0.15, -0.1) is 0 Å². The van der Waals surface area contributed by atoms with Crippen LogP contribution in [0.1, 0.15) is 31.3 Å². The Hall–Kier alpha value is -1.55. The highest BCUT2D eigenvalue weighted by molar-refractivity contribution is 5.91. The average molecular weight is 249 g/mol. The molecule has 1 amide bonds. The third kappa shape index (κ3) is 3.23. The van der Waals surface area contributed by atoms with Crippen LogP contribution in [0.3, 0.4) is 0 Å². The van der Waals surface area contributed by atoms with Crippen molar-refractivity contribution in [3.63, 3.8) is 0 Å². The molecule has 1 N–H and O–H groups in total. The summed E-state index contributed by atoms with van der Waals surface area (Å²) < 4.78 is 5.36. The normalized spacial score (nSPS) is 24.7. The van der Waals surface area contributed by atoms with Crippen LogP contribution in [-0.2, 0) is 4.79 Å². The first kappa shape index (κ1) is 12.9. The van der Waals surface area contributed by atoms with E-state index in [1.807, 2.05) is 19.1 Å². The van der Waals surface area contributed by atoms with Crippen LogP contribution < -0.4 is 0 Å². The molecule has 0 saturated carbocycles. The number of aliphatic hydroxyl groups is 1. The molecule has 1 aromatic heterocycles. The Bertz CT molecular complexity index is 459. The molecule has 2 heterocycles. The fourth-order valence-corrected chi connectivity index (χ4v) is 2.21. The van der Waals surface area contributed by atoms with Crippen molar-refractivity contribution in [2.45, 2.75) is 32.3 Å². The molecule has 0 aromatic carbocycles. The van der Waals surface area contributed by atoms with Gasteiger partial charge in [0.05, 0.1) is 5.60 Å². The lowest BCUT2D eigenvalue weighted by molar-refractivity contribution is -0.132. The number of carbonyl (C=O) groups excluding carboxylic acids is 1. The molecule has 0 spiro atoms. The summed E-state index contributed by atoms with van der Waals surface area (Å²) in [5.74, 6) is 1.41. The van der Waals surface area contributed by atoms with Gasteiger partial charge in [0.15, 0.2) is 0 Å². The standard InChI is InChI=1S/C14H19NO3/c1-11-4-5-12(18-11)6-7-13(16)15-9-3-8-14(2,17)10-15/h4-7,17H,3,8-10H2,1-2H3/b7-6+. The number of amides is 1. The van der Waals surface area contributed by atoms with Gasteiger partial charge in [0.25, 0.3) is 0 Å². The molecule has 0 radical (unpaired) electrons. The first-order valence-corrected chi connectivity index (χ1v) is 6.22. The fraction of sp³-hybridized carbons (Fsp3) is 0.500. The van der Waals surface area contributed by atoms with Gasteiger partial charge in [-0.05, 0) is 44.9 Å². The lowest BCUT2D eigenvalue weighted by Gasteiger charge is -2.36. The van der Waals surface area contributed by atoms with E-state index >= 15 is 0 Å². The third-order valence-corrected chi connectivity index (χ3v) is 3.14. The Balaban J connectivity index is 1.97. The summed E-state index contributed by atoms with van der Waals surface area (Å²) in [6, 6.07) is 3.68. The summed E-state index contributed by atoms with van der Waals surface area (Å²) in [7, 11) is 0. The molecule has 1 atom stereocenters. The predicted molar refractivity (Wildman–Crippen MR) is 68.9 cm³/mol. The van der Waals surface area contributed by atoms with Gasteiger partial charge in [-0.2, -0.15) is 0 Å². The number of nitrogens with zero attached hydrogens (tertiary/aromatic N) is 1. The van der Waals surface area contributed by atoms with E-state index in [0.29, 0.717) is 18.8 Å². The topological polar surface area (TPSA) is 53.7 Å². The Morgan fingerprint density at radius 3 is 2.94 bits per heavy atom. The van der Waals surface area contributed by atoms with Crippen LogP contribution in [0, 0.1) is 6.92 Å². The van der Waals surface area contributed by atoms with Crippen molar-refractivity contribution in [3.05, 3.63) is 29.7 Å². The molecule has 0 bridgehead atoms. The van der Waals surface area contributed by atoms with Crippen LogP contribution >= 0.6 is 0 Å². The lowest BCUT2D eigenvalue weighted by atomic mass is 9.95. The highest BCUT2D eigenvalue weighted by atomic mass is 16.3. The summed E-state index contributed by atoms with van der Waals surface area (Å²) in [6.07, 6.45) is 4.75. The van der Waals surface area contributed by atoms with E-state index in [2.05, 4.69) is 0 Å². The Morgan fingerprint density at radius 2 is 2.33 bits per heavy atom. The number of aryl methyl sites for hydroxylation is 1. The summed E-state index contributed by atoms with van der Waals surface area (Å²) >= 11 is 0. The molecule has 98 valence electrons. The van der Waals surface area contributed by atoms with E-state index in [1.165, 1.54) is 6.08 Å². The minimum absolute atomic E-state index is 0.0796. The van der Waals surface area contributed by atoms with Crippen molar-refractivity contribution in [2.75, 3.05) is 13.1 Å². The molecule has 0 aliphatic carbocycles. The maximum Gasteiger partial charge on any atom is 0.246 e. The summed E-state index contributed by atoms with van der Waals surface area (Å²) in [5, 5.41) is 9.95. The molecule has 1 aromatic rings. The quantitative estimate of drug-likeness (QED) is 0.815. The number of rotatable bonds is 2. The van der Waals surface area contributed by atoms with Gasteiger partial charge in [-0.3, -0.25) is 4.79 Å². The second kappa shape index (κ2) is 4.98. The van der Waals surface area contributed by atoms with Crippen LogP contribution in [0.5, 0.6) is 0 Å². The van der Waals surface area contributed by atoms with Crippen LogP contribution in [0.15, 0.2) is 22.6 Å². The van der Waals surface area contributed by atoms with E-state index in [0.717, 1.165) is 18.6 Å². The zero-order chi connectivity index (χ0) is 13.2. The van der Waals surface area contributed by atoms with Gasteiger partial charge in [-0.25, -0.2) is 0 Å².